The van der Waals surface area contributed by atoms with Crippen LogP contribution in [0.25, 0.3) is 0 Å². The molecule has 1 aliphatic rings. The molecule has 22 heavy (non-hydrogen) atoms. The van der Waals surface area contributed by atoms with Gasteiger partial charge >= 0.3 is 5.97 Å². The third-order valence-electron chi connectivity index (χ3n) is 3.34. The number of carbonyl (C=O) groups is 1. The van der Waals surface area contributed by atoms with Crippen molar-refractivity contribution >= 4 is 29.1 Å². The molecule has 1 aromatic rings. The van der Waals surface area contributed by atoms with Crippen LogP contribution in [0.3, 0.4) is 0 Å². The predicted molar refractivity (Wildman–Crippen MR) is 85.2 cm³/mol. The molecule has 1 unspecified atom stereocenters. The summed E-state index contributed by atoms with van der Waals surface area (Å²) in [4.78, 5) is 25.3. The van der Waals surface area contributed by atoms with E-state index in [0.717, 1.165) is 19.4 Å². The highest BCUT2D eigenvalue weighted by molar-refractivity contribution is 6.28. The number of halogens is 1. The summed E-state index contributed by atoms with van der Waals surface area (Å²) in [6.45, 7) is 6.79. The molecule has 0 bridgehead atoms. The number of carbonyl (C=O) groups excluding carboxylic acids is 1. The van der Waals surface area contributed by atoms with Gasteiger partial charge in [0.2, 0.25) is 5.28 Å². The molecule has 7 nitrogen and oxygen atoms in total. The smallest absolute Gasteiger partial charge is 0.330 e. The van der Waals surface area contributed by atoms with E-state index in [1.807, 2.05) is 20.8 Å². The predicted octanol–water partition coefficient (Wildman–Crippen LogP) is 2.09. The quantitative estimate of drug-likeness (QED) is 0.821. The Kier molecular flexibility index (Phi) is 5.08. The zero-order valence-corrected chi connectivity index (χ0v) is 13.9. The average molecular weight is 328 g/mol. The van der Waals surface area contributed by atoms with E-state index in [4.69, 9.17) is 22.2 Å². The van der Waals surface area contributed by atoms with E-state index in [1.54, 1.807) is 5.06 Å². The summed E-state index contributed by atoms with van der Waals surface area (Å²) in [7, 11) is 0. The van der Waals surface area contributed by atoms with Crippen molar-refractivity contribution in [2.24, 2.45) is 5.41 Å². The minimum Gasteiger partial charge on any atom is -0.394 e. The lowest BCUT2D eigenvalue weighted by atomic mass is 9.98. The van der Waals surface area contributed by atoms with E-state index >= 15 is 0 Å². The first-order valence-corrected chi connectivity index (χ1v) is 7.65. The molecule has 1 aliphatic heterocycles. The zero-order chi connectivity index (χ0) is 16.3. The van der Waals surface area contributed by atoms with Crippen molar-refractivity contribution in [3.63, 3.8) is 0 Å². The number of nitrogens with zero attached hydrogens (tertiary/aromatic N) is 3. The molecule has 0 aliphatic carbocycles. The van der Waals surface area contributed by atoms with E-state index < -0.39 is 5.41 Å². The van der Waals surface area contributed by atoms with Gasteiger partial charge in [0.1, 0.15) is 0 Å². The van der Waals surface area contributed by atoms with E-state index in [2.05, 4.69) is 15.3 Å². The number of aromatic nitrogens is 2. The first-order valence-electron chi connectivity index (χ1n) is 7.27. The summed E-state index contributed by atoms with van der Waals surface area (Å²) >= 11 is 5.78. The minimum absolute atomic E-state index is 0.0785. The second-order valence-corrected chi connectivity index (χ2v) is 6.78. The Morgan fingerprint density at radius 3 is 2.95 bits per heavy atom. The van der Waals surface area contributed by atoms with Crippen LogP contribution in [0.15, 0.2) is 6.20 Å². The Balaban J connectivity index is 1.96. The van der Waals surface area contributed by atoms with Gasteiger partial charge in [-0.15, -0.1) is 5.06 Å². The maximum absolute atomic E-state index is 12.0. The Morgan fingerprint density at radius 2 is 2.27 bits per heavy atom. The number of nitrogen functional groups attached to an aromatic ring is 1. The maximum Gasteiger partial charge on any atom is 0.330 e. The molecule has 1 aromatic heterocycles. The van der Waals surface area contributed by atoms with Crippen LogP contribution in [0.1, 0.15) is 33.6 Å². The summed E-state index contributed by atoms with van der Waals surface area (Å²) in [5.74, 6) is 0.270. The van der Waals surface area contributed by atoms with Crippen LogP contribution in [0, 0.1) is 5.41 Å². The van der Waals surface area contributed by atoms with Crippen LogP contribution >= 0.6 is 11.6 Å². The number of hydroxylamine groups is 2. The number of piperidine rings is 1. The highest BCUT2D eigenvalue weighted by atomic mass is 35.5. The largest absolute Gasteiger partial charge is 0.394 e. The maximum atomic E-state index is 12.0. The van der Waals surface area contributed by atoms with Gasteiger partial charge in [0.15, 0.2) is 5.82 Å². The van der Waals surface area contributed by atoms with Gasteiger partial charge < -0.3 is 15.9 Å². The van der Waals surface area contributed by atoms with Crippen molar-refractivity contribution in [1.82, 2.24) is 15.0 Å². The lowest BCUT2D eigenvalue weighted by Gasteiger charge is -2.33. The van der Waals surface area contributed by atoms with Gasteiger partial charge in [0, 0.05) is 12.6 Å². The fourth-order valence-corrected chi connectivity index (χ4v) is 2.21. The van der Waals surface area contributed by atoms with Crippen molar-refractivity contribution in [1.29, 1.82) is 0 Å². The molecule has 3 N–H and O–H groups in total. The summed E-state index contributed by atoms with van der Waals surface area (Å²) in [5, 5.41) is 5.07. The SMILES string of the molecule is CC(C)(C)C(=O)ON1CCCC(Nc2nc(Cl)ncc2N)C1. The summed E-state index contributed by atoms with van der Waals surface area (Å²) in [6, 6.07) is 0.0785. The monoisotopic (exact) mass is 327 g/mol. The molecule has 0 aromatic carbocycles. The van der Waals surface area contributed by atoms with Crippen molar-refractivity contribution in [2.45, 2.75) is 39.7 Å². The van der Waals surface area contributed by atoms with E-state index in [-0.39, 0.29) is 17.3 Å². The Bertz CT molecular complexity index is 547. The van der Waals surface area contributed by atoms with Gasteiger partial charge in [-0.1, -0.05) is 0 Å². The minimum atomic E-state index is -0.523. The molecule has 2 rings (SSSR count). The van der Waals surface area contributed by atoms with Crippen LogP contribution in [0.4, 0.5) is 11.5 Å². The molecule has 0 saturated carbocycles. The van der Waals surface area contributed by atoms with Crippen LogP contribution in [0.2, 0.25) is 5.28 Å². The Morgan fingerprint density at radius 1 is 1.55 bits per heavy atom. The lowest BCUT2D eigenvalue weighted by molar-refractivity contribution is -0.204. The number of anilines is 2. The summed E-state index contributed by atoms with van der Waals surface area (Å²) in [6.07, 6.45) is 3.32. The topological polar surface area (TPSA) is 93.4 Å². The normalized spacial score (nSPS) is 19.7. The molecular weight excluding hydrogens is 306 g/mol. The summed E-state index contributed by atoms with van der Waals surface area (Å²) in [5.41, 5.74) is 5.75. The number of nitrogens with two attached hydrogens (primary N) is 1. The van der Waals surface area contributed by atoms with Gasteiger partial charge in [-0.3, -0.25) is 0 Å². The second kappa shape index (κ2) is 6.66. The fraction of sp³-hybridized carbons (Fsp3) is 0.643. The van der Waals surface area contributed by atoms with Crippen LogP contribution in [0.5, 0.6) is 0 Å². The molecule has 1 fully saturated rings. The molecule has 1 atom stereocenters. The highest BCUT2D eigenvalue weighted by Crippen LogP contribution is 2.22. The third kappa shape index (κ3) is 4.45. The zero-order valence-electron chi connectivity index (χ0n) is 13.1. The molecule has 0 spiro atoms. The second-order valence-electron chi connectivity index (χ2n) is 6.44. The first-order chi connectivity index (χ1) is 10.3. The van der Waals surface area contributed by atoms with Crippen molar-refractivity contribution in [2.75, 3.05) is 24.1 Å². The van der Waals surface area contributed by atoms with Gasteiger partial charge in [0.05, 0.1) is 23.8 Å². The number of hydrogen-bond donors (Lipinski definition) is 2. The van der Waals surface area contributed by atoms with Crippen LogP contribution in [-0.2, 0) is 9.63 Å². The van der Waals surface area contributed by atoms with Gasteiger partial charge in [-0.05, 0) is 45.2 Å². The Hall–Kier alpha value is -1.60. The van der Waals surface area contributed by atoms with Crippen LogP contribution < -0.4 is 11.1 Å². The average Bonchev–Trinajstić information content (AvgIpc) is 2.42. The standard InChI is InChI=1S/C14H22ClN5O2/c1-14(2,3)12(21)22-20-6-4-5-9(8-20)18-11-10(16)7-17-13(15)19-11/h7,9H,4-6,8,16H2,1-3H3,(H,17,18,19). The van der Waals surface area contributed by atoms with Gasteiger partial charge in [-0.25, -0.2) is 9.78 Å². The molecule has 8 heteroatoms. The van der Waals surface area contributed by atoms with Crippen LogP contribution in [-0.4, -0.2) is 40.1 Å². The lowest BCUT2D eigenvalue weighted by Crippen LogP contribution is -2.44. The molecule has 1 saturated heterocycles. The molecule has 122 valence electrons. The summed E-state index contributed by atoms with van der Waals surface area (Å²) < 4.78 is 0. The Labute approximate surface area is 135 Å². The highest BCUT2D eigenvalue weighted by Gasteiger charge is 2.29. The number of hydrogen-bond acceptors (Lipinski definition) is 7. The molecule has 0 radical (unpaired) electrons. The van der Waals surface area contributed by atoms with Gasteiger partial charge in [-0.2, -0.15) is 4.98 Å². The first kappa shape index (κ1) is 16.8. The molecular formula is C14H22ClN5O2. The number of rotatable bonds is 3. The molecule has 2 heterocycles. The fourth-order valence-electron chi connectivity index (χ4n) is 2.08. The number of nitrogens with one attached hydrogen (secondary N) is 1. The van der Waals surface area contributed by atoms with E-state index in [0.29, 0.717) is 18.1 Å². The van der Waals surface area contributed by atoms with E-state index in [1.165, 1.54) is 6.20 Å². The third-order valence-corrected chi connectivity index (χ3v) is 3.52. The van der Waals surface area contributed by atoms with E-state index in [9.17, 15) is 4.79 Å². The van der Waals surface area contributed by atoms with Gasteiger partial charge in [0.25, 0.3) is 0 Å². The van der Waals surface area contributed by atoms with Crippen molar-refractivity contribution in [3.05, 3.63) is 11.5 Å². The van der Waals surface area contributed by atoms with Crippen molar-refractivity contribution in [3.8, 4) is 0 Å². The van der Waals surface area contributed by atoms with Crippen molar-refractivity contribution < 1.29 is 9.63 Å². The molecule has 0 amide bonds.